The summed E-state index contributed by atoms with van der Waals surface area (Å²) >= 11 is 0. The fourth-order valence-electron chi connectivity index (χ4n) is 4.05. The van der Waals surface area contributed by atoms with Gasteiger partial charge in [-0.2, -0.15) is 4.57 Å². The summed E-state index contributed by atoms with van der Waals surface area (Å²) in [7, 11) is 2.16. The van der Waals surface area contributed by atoms with E-state index in [1.54, 1.807) is 0 Å². The second-order valence-corrected chi connectivity index (χ2v) is 7.06. The Labute approximate surface area is 158 Å². The summed E-state index contributed by atoms with van der Waals surface area (Å²) in [4.78, 5) is 0. The van der Waals surface area contributed by atoms with Crippen molar-refractivity contribution in [3.63, 3.8) is 0 Å². The Morgan fingerprint density at radius 2 is 1.33 bits per heavy atom. The topological polar surface area (TPSA) is 8.81 Å². The smallest absolute Gasteiger partial charge is 0.225 e. The van der Waals surface area contributed by atoms with Crippen LogP contribution in [0.15, 0.2) is 91.0 Å². The molecule has 0 aliphatic carbocycles. The lowest BCUT2D eigenvalue weighted by Crippen LogP contribution is -2.30. The number of aromatic nitrogens is 2. The summed E-state index contributed by atoms with van der Waals surface area (Å²) in [5.74, 6) is 1.20. The van der Waals surface area contributed by atoms with Crippen LogP contribution in [0.4, 0.5) is 0 Å². The molecule has 0 fully saturated rings. The van der Waals surface area contributed by atoms with Gasteiger partial charge in [0.15, 0.2) is 11.0 Å². The zero-order chi connectivity index (χ0) is 18.4. The first-order chi connectivity index (χ1) is 13.2. The number of para-hydroxylation sites is 3. The average molecular weight is 349 g/mol. The van der Waals surface area contributed by atoms with E-state index in [9.17, 15) is 0 Å². The number of rotatable bonds is 2. The van der Waals surface area contributed by atoms with Gasteiger partial charge in [-0.15, -0.1) is 0 Å². The number of nitrogens with zero attached hydrogens (tertiary/aromatic N) is 2. The summed E-state index contributed by atoms with van der Waals surface area (Å²) in [5, 5.41) is 2.55. The van der Waals surface area contributed by atoms with Crippen LogP contribution in [0.25, 0.3) is 38.9 Å². The molecule has 5 rings (SSSR count). The van der Waals surface area contributed by atoms with Crippen LogP contribution in [0, 0.1) is 6.92 Å². The number of fused-ring (bicyclic) bond motifs is 2. The highest BCUT2D eigenvalue weighted by molar-refractivity contribution is 5.89. The van der Waals surface area contributed by atoms with E-state index in [2.05, 4.69) is 114 Å². The van der Waals surface area contributed by atoms with Crippen molar-refractivity contribution in [3.8, 4) is 17.1 Å². The van der Waals surface area contributed by atoms with E-state index in [1.807, 2.05) is 0 Å². The molecule has 0 N–H and O–H groups in total. The van der Waals surface area contributed by atoms with Gasteiger partial charge in [0.05, 0.1) is 12.6 Å². The first-order valence-electron chi connectivity index (χ1n) is 9.29. The lowest BCUT2D eigenvalue weighted by molar-refractivity contribution is -0.633. The van der Waals surface area contributed by atoms with E-state index in [4.69, 9.17) is 0 Å². The molecule has 0 bridgehead atoms. The second kappa shape index (κ2) is 6.10. The quantitative estimate of drug-likeness (QED) is 0.368. The van der Waals surface area contributed by atoms with Gasteiger partial charge in [0.25, 0.3) is 5.82 Å². The molecule has 0 unspecified atom stereocenters. The summed E-state index contributed by atoms with van der Waals surface area (Å²) in [6.45, 7) is 2.20. The molecule has 0 saturated carbocycles. The molecule has 1 aromatic heterocycles. The predicted octanol–water partition coefficient (Wildman–Crippen LogP) is 5.58. The monoisotopic (exact) mass is 349 g/mol. The maximum absolute atomic E-state index is 2.37. The number of benzene rings is 4. The first-order valence-corrected chi connectivity index (χ1v) is 9.29. The number of hydrogen-bond acceptors (Lipinski definition) is 0. The van der Waals surface area contributed by atoms with Crippen LogP contribution in [0.3, 0.4) is 0 Å². The third-order valence-corrected chi connectivity index (χ3v) is 5.36. The molecule has 0 amide bonds. The molecule has 1 heterocycles. The average Bonchev–Trinajstić information content (AvgIpc) is 3.01. The highest BCUT2D eigenvalue weighted by Crippen LogP contribution is 2.31. The molecule has 0 spiro atoms. The standard InChI is InChI=1S/C25H21N2/c1-18-16-19-10-6-7-11-20(19)17-22(18)25-26(2)23-14-8-9-15-24(23)27(25)21-12-4-3-5-13-21/h3-17H,1-2H3/q+1. The van der Waals surface area contributed by atoms with Crippen molar-refractivity contribution in [1.82, 2.24) is 4.57 Å². The lowest BCUT2D eigenvalue weighted by atomic mass is 10.0. The first kappa shape index (κ1) is 15.8. The maximum atomic E-state index is 2.37. The van der Waals surface area contributed by atoms with E-state index in [0.717, 1.165) is 0 Å². The summed E-state index contributed by atoms with van der Waals surface area (Å²) in [6.07, 6.45) is 0. The number of aryl methyl sites for hydroxylation is 2. The van der Waals surface area contributed by atoms with Gasteiger partial charge in [-0.3, -0.25) is 0 Å². The number of hydrogen-bond donors (Lipinski definition) is 0. The van der Waals surface area contributed by atoms with Crippen LogP contribution in [0.2, 0.25) is 0 Å². The molecule has 2 nitrogen and oxygen atoms in total. The summed E-state index contributed by atoms with van der Waals surface area (Å²) in [5.41, 5.74) is 6.16. The third-order valence-electron chi connectivity index (χ3n) is 5.36. The Bertz CT molecular complexity index is 1280. The Morgan fingerprint density at radius 3 is 2.11 bits per heavy atom. The van der Waals surface area contributed by atoms with E-state index < -0.39 is 0 Å². The van der Waals surface area contributed by atoms with Crippen molar-refractivity contribution in [1.29, 1.82) is 0 Å². The Balaban J connectivity index is 1.92. The van der Waals surface area contributed by atoms with Crippen molar-refractivity contribution >= 4 is 21.8 Å². The molecule has 0 aliphatic rings. The summed E-state index contributed by atoms with van der Waals surface area (Å²) < 4.78 is 4.67. The van der Waals surface area contributed by atoms with E-state index >= 15 is 0 Å². The lowest BCUT2D eigenvalue weighted by Gasteiger charge is -2.08. The zero-order valence-corrected chi connectivity index (χ0v) is 15.6. The molecule has 5 aromatic rings. The summed E-state index contributed by atoms with van der Waals surface area (Å²) in [6, 6.07) is 32.4. The molecule has 130 valence electrons. The highest BCUT2D eigenvalue weighted by atomic mass is 15.2. The van der Waals surface area contributed by atoms with Gasteiger partial charge >= 0.3 is 0 Å². The van der Waals surface area contributed by atoms with Gasteiger partial charge in [-0.05, 0) is 53.6 Å². The normalized spacial score (nSPS) is 11.3. The van der Waals surface area contributed by atoms with Crippen molar-refractivity contribution < 1.29 is 4.57 Å². The van der Waals surface area contributed by atoms with Gasteiger partial charge in [0.2, 0.25) is 0 Å². The highest BCUT2D eigenvalue weighted by Gasteiger charge is 2.26. The molecule has 0 radical (unpaired) electrons. The van der Waals surface area contributed by atoms with Crippen molar-refractivity contribution in [3.05, 3.63) is 96.6 Å². The van der Waals surface area contributed by atoms with Crippen LogP contribution in [-0.4, -0.2) is 4.57 Å². The SMILES string of the molecule is Cc1cc2ccccc2cc1-c1n(-c2ccccc2)c2ccccc2[n+]1C. The molecule has 0 saturated heterocycles. The van der Waals surface area contributed by atoms with Gasteiger partial charge < -0.3 is 0 Å². The largest absolute Gasteiger partial charge is 0.295 e. The molecule has 0 aliphatic heterocycles. The van der Waals surface area contributed by atoms with Crippen molar-refractivity contribution in [2.75, 3.05) is 0 Å². The molecule has 4 aromatic carbocycles. The molecule has 2 heteroatoms. The van der Waals surface area contributed by atoms with Crippen LogP contribution in [0.5, 0.6) is 0 Å². The van der Waals surface area contributed by atoms with Gasteiger partial charge in [-0.25, -0.2) is 4.57 Å². The molecule has 27 heavy (non-hydrogen) atoms. The van der Waals surface area contributed by atoms with E-state index in [0.29, 0.717) is 0 Å². The van der Waals surface area contributed by atoms with Gasteiger partial charge in [0.1, 0.15) is 5.69 Å². The molecular formula is C25H21N2+. The minimum atomic E-state index is 1.18. The van der Waals surface area contributed by atoms with E-state index in [-0.39, 0.29) is 0 Å². The maximum Gasteiger partial charge on any atom is 0.295 e. The third kappa shape index (κ3) is 2.45. The van der Waals surface area contributed by atoms with Gasteiger partial charge in [-0.1, -0.05) is 60.7 Å². The minimum Gasteiger partial charge on any atom is -0.225 e. The van der Waals surface area contributed by atoms with E-state index in [1.165, 1.54) is 44.4 Å². The Kier molecular flexibility index (Phi) is 3.58. The predicted molar refractivity (Wildman–Crippen MR) is 112 cm³/mol. The molecule has 0 atom stereocenters. The van der Waals surface area contributed by atoms with Crippen molar-refractivity contribution in [2.24, 2.45) is 7.05 Å². The van der Waals surface area contributed by atoms with Crippen LogP contribution >= 0.6 is 0 Å². The second-order valence-electron chi connectivity index (χ2n) is 7.06. The fourth-order valence-corrected chi connectivity index (χ4v) is 4.05. The number of imidazole rings is 1. The fraction of sp³-hybridized carbons (Fsp3) is 0.0800. The van der Waals surface area contributed by atoms with Crippen molar-refractivity contribution in [2.45, 2.75) is 6.92 Å². The van der Waals surface area contributed by atoms with Gasteiger partial charge in [0, 0.05) is 0 Å². The minimum absolute atomic E-state index is 1.18. The van der Waals surface area contributed by atoms with Crippen LogP contribution < -0.4 is 4.57 Å². The molecular weight excluding hydrogens is 328 g/mol. The Hall–Kier alpha value is -3.39. The van der Waals surface area contributed by atoms with Crippen LogP contribution in [0.1, 0.15) is 5.56 Å². The zero-order valence-electron chi connectivity index (χ0n) is 15.6. The van der Waals surface area contributed by atoms with Crippen LogP contribution in [-0.2, 0) is 7.05 Å². The Morgan fingerprint density at radius 1 is 0.704 bits per heavy atom.